The molecular weight excluding hydrogens is 885 g/mol. The highest BCUT2D eigenvalue weighted by Crippen LogP contribution is 2.44. The Hall–Kier alpha value is -9.52. The van der Waals surface area contributed by atoms with E-state index in [9.17, 15) is 0 Å². The molecule has 10 aromatic carbocycles. The van der Waals surface area contributed by atoms with Crippen molar-refractivity contribution in [3.8, 4) is 22.5 Å². The van der Waals surface area contributed by atoms with Gasteiger partial charge in [-0.15, -0.1) is 0 Å². The van der Waals surface area contributed by atoms with Crippen molar-refractivity contribution in [1.29, 1.82) is 0 Å². The number of benzene rings is 10. The monoisotopic (exact) mass is 922 g/mol. The molecule has 1 atom stereocenters. The molecule has 6 aromatic heterocycles. The number of para-hydroxylation sites is 4. The number of nitrogens with zero attached hydrogens (tertiary/aromatic N) is 2. The number of hydrogen-bond donors (Lipinski definition) is 0. The minimum absolute atomic E-state index is 0.252. The SMILES string of the molecule is C1=CC(c2ccc3c(c2)c2ccccc2n3-c2ccc3oc4ccc(-c5ccc6oc7c(ccc8c7c7ccccc7n8-c7ccc8oc9ccccc9c8c7)c6c5)cc4c3c2)Cc2c1oc1ccccc21. The second kappa shape index (κ2) is 14.1. The van der Waals surface area contributed by atoms with Gasteiger partial charge in [-0.2, -0.15) is 0 Å². The summed E-state index contributed by atoms with van der Waals surface area (Å²) in [4.78, 5) is 0. The van der Waals surface area contributed by atoms with E-state index in [2.05, 4.69) is 203 Å². The van der Waals surface area contributed by atoms with Crippen LogP contribution < -0.4 is 0 Å². The Morgan fingerprint density at radius 1 is 0.347 bits per heavy atom. The zero-order valence-electron chi connectivity index (χ0n) is 38.5. The smallest absolute Gasteiger partial charge is 0.145 e. The van der Waals surface area contributed by atoms with Gasteiger partial charge in [0.25, 0.3) is 0 Å². The van der Waals surface area contributed by atoms with Crippen molar-refractivity contribution < 1.29 is 17.7 Å². The molecule has 17 rings (SSSR count). The highest BCUT2D eigenvalue weighted by Gasteiger charge is 2.24. The Morgan fingerprint density at radius 3 is 1.62 bits per heavy atom. The molecule has 0 fully saturated rings. The molecule has 0 N–H and O–H groups in total. The van der Waals surface area contributed by atoms with E-state index in [0.29, 0.717) is 0 Å². The van der Waals surface area contributed by atoms with E-state index in [4.69, 9.17) is 17.7 Å². The summed E-state index contributed by atoms with van der Waals surface area (Å²) in [7, 11) is 0. The number of furan rings is 4. The van der Waals surface area contributed by atoms with E-state index < -0.39 is 0 Å². The lowest BCUT2D eigenvalue weighted by Crippen LogP contribution is -2.04. The lowest BCUT2D eigenvalue weighted by Gasteiger charge is -2.17. The first kappa shape index (κ1) is 38.3. The Morgan fingerprint density at radius 2 is 0.875 bits per heavy atom. The van der Waals surface area contributed by atoms with Gasteiger partial charge in [0.05, 0.1) is 27.5 Å². The molecule has 336 valence electrons. The van der Waals surface area contributed by atoms with Crippen LogP contribution in [0.15, 0.2) is 224 Å². The van der Waals surface area contributed by atoms with Crippen molar-refractivity contribution in [1.82, 2.24) is 9.13 Å². The zero-order valence-corrected chi connectivity index (χ0v) is 38.5. The number of allylic oxidation sites excluding steroid dienone is 1. The van der Waals surface area contributed by atoms with Crippen LogP contribution in [-0.4, -0.2) is 9.13 Å². The summed E-state index contributed by atoms with van der Waals surface area (Å²) >= 11 is 0. The largest absolute Gasteiger partial charge is 0.456 e. The molecule has 0 saturated carbocycles. The Labute approximate surface area is 409 Å². The fourth-order valence-corrected chi connectivity index (χ4v) is 12.4. The predicted octanol–water partition coefficient (Wildman–Crippen LogP) is 18.3. The van der Waals surface area contributed by atoms with Crippen LogP contribution in [0, 0.1) is 0 Å². The first-order valence-electron chi connectivity index (χ1n) is 24.6. The molecule has 0 spiro atoms. The first-order valence-corrected chi connectivity index (χ1v) is 24.6. The number of hydrogen-bond acceptors (Lipinski definition) is 4. The number of aromatic nitrogens is 2. The normalized spacial score (nSPS) is 14.1. The number of rotatable bonds is 4. The van der Waals surface area contributed by atoms with Crippen molar-refractivity contribution in [3.63, 3.8) is 0 Å². The van der Waals surface area contributed by atoms with Gasteiger partial charge < -0.3 is 26.8 Å². The fourth-order valence-electron chi connectivity index (χ4n) is 12.4. The molecule has 1 unspecified atom stereocenters. The molecule has 0 aliphatic heterocycles. The summed E-state index contributed by atoms with van der Waals surface area (Å²) in [5, 5.41) is 12.5. The lowest BCUT2D eigenvalue weighted by molar-refractivity contribution is 0.592. The van der Waals surface area contributed by atoms with Gasteiger partial charge in [0.1, 0.15) is 44.8 Å². The van der Waals surface area contributed by atoms with E-state index in [-0.39, 0.29) is 5.92 Å². The first-order chi connectivity index (χ1) is 35.6. The Kier molecular flexibility index (Phi) is 7.49. The number of fused-ring (bicyclic) bond motifs is 19. The summed E-state index contributed by atoms with van der Waals surface area (Å²) in [5.41, 5.74) is 17.8. The second-order valence-electron chi connectivity index (χ2n) is 19.5. The van der Waals surface area contributed by atoms with Gasteiger partial charge in [0, 0.05) is 76.7 Å². The minimum Gasteiger partial charge on any atom is -0.456 e. The molecule has 6 heterocycles. The van der Waals surface area contributed by atoms with Gasteiger partial charge in [0.2, 0.25) is 0 Å². The summed E-state index contributed by atoms with van der Waals surface area (Å²) in [6.45, 7) is 0. The zero-order chi connectivity index (χ0) is 46.8. The molecule has 16 aromatic rings. The Balaban J connectivity index is 0.765. The van der Waals surface area contributed by atoms with Crippen LogP contribution in [-0.2, 0) is 6.42 Å². The highest BCUT2D eigenvalue weighted by atomic mass is 16.3. The lowest BCUT2D eigenvalue weighted by atomic mass is 9.86. The van der Waals surface area contributed by atoms with Crippen LogP contribution >= 0.6 is 0 Å². The van der Waals surface area contributed by atoms with E-state index >= 15 is 0 Å². The van der Waals surface area contributed by atoms with Crippen LogP contribution in [0.5, 0.6) is 0 Å². The molecule has 1 aliphatic rings. The summed E-state index contributed by atoms with van der Waals surface area (Å²) in [6, 6.07) is 71.8. The average Bonchev–Trinajstić information content (AvgIpc) is 4.29. The standard InChI is InChI=1S/C66H38N2O4/c1-5-13-54-43(9-1)48-31-37(38-18-26-60-49(32-38)44-10-3-7-15-58(44)69-60)17-24-56(48)67(54)41-21-30-63-53(36-41)51-34-40(19-27-61(51)71-63)39-20-28-64-50(33-39)46-23-25-57-65(66(46)72-64)47-12-2-6-14-55(47)68(57)42-22-29-62-52(35-42)45-11-4-8-16-59(45)70-62/h1-31,33-36,38H,32H2. The Bertz CT molecular complexity index is 5040. The molecule has 6 heteroatoms. The summed E-state index contributed by atoms with van der Waals surface area (Å²) < 4.78 is 30.6. The van der Waals surface area contributed by atoms with Crippen LogP contribution in [0.1, 0.15) is 22.8 Å². The van der Waals surface area contributed by atoms with Crippen molar-refractivity contribution >= 4 is 126 Å². The molecule has 0 bridgehead atoms. The van der Waals surface area contributed by atoms with E-state index in [1.54, 1.807) is 0 Å². The average molecular weight is 923 g/mol. The third-order valence-corrected chi connectivity index (χ3v) is 15.7. The maximum Gasteiger partial charge on any atom is 0.145 e. The van der Waals surface area contributed by atoms with Gasteiger partial charge in [-0.25, -0.2) is 0 Å². The van der Waals surface area contributed by atoms with Crippen LogP contribution in [0.4, 0.5) is 0 Å². The van der Waals surface area contributed by atoms with Crippen molar-refractivity contribution in [2.45, 2.75) is 12.3 Å². The third-order valence-electron chi connectivity index (χ3n) is 15.7. The molecule has 0 radical (unpaired) electrons. The van der Waals surface area contributed by atoms with Crippen LogP contribution in [0.2, 0.25) is 0 Å². The quantitative estimate of drug-likeness (QED) is 0.176. The van der Waals surface area contributed by atoms with E-state index in [0.717, 1.165) is 128 Å². The van der Waals surface area contributed by atoms with Gasteiger partial charge in [-0.3, -0.25) is 0 Å². The highest BCUT2D eigenvalue weighted by molar-refractivity contribution is 6.24. The topological polar surface area (TPSA) is 62.4 Å². The van der Waals surface area contributed by atoms with Crippen molar-refractivity contribution in [3.05, 3.63) is 223 Å². The molecule has 72 heavy (non-hydrogen) atoms. The molecular formula is C66H38N2O4. The van der Waals surface area contributed by atoms with Crippen molar-refractivity contribution in [2.75, 3.05) is 0 Å². The van der Waals surface area contributed by atoms with Gasteiger partial charge >= 0.3 is 0 Å². The maximum absolute atomic E-state index is 6.86. The third kappa shape index (κ3) is 5.27. The molecule has 0 saturated heterocycles. The molecule has 0 amide bonds. The predicted molar refractivity (Wildman–Crippen MR) is 294 cm³/mol. The second-order valence-corrected chi connectivity index (χ2v) is 19.5. The van der Waals surface area contributed by atoms with Crippen LogP contribution in [0.25, 0.3) is 149 Å². The minimum atomic E-state index is 0.252. The summed E-state index contributed by atoms with van der Waals surface area (Å²) in [5.74, 6) is 1.23. The van der Waals surface area contributed by atoms with E-state index in [1.165, 1.54) is 38.3 Å². The maximum atomic E-state index is 6.86. The fraction of sp³-hybridized carbons (Fsp3) is 0.0303. The van der Waals surface area contributed by atoms with E-state index in [1.807, 2.05) is 18.2 Å². The summed E-state index contributed by atoms with van der Waals surface area (Å²) in [6.07, 6.45) is 5.37. The van der Waals surface area contributed by atoms with Crippen molar-refractivity contribution in [2.24, 2.45) is 0 Å². The molecule has 6 nitrogen and oxygen atoms in total. The molecule has 1 aliphatic carbocycles. The van der Waals surface area contributed by atoms with Crippen LogP contribution in [0.3, 0.4) is 0 Å². The van der Waals surface area contributed by atoms with Gasteiger partial charge in [-0.1, -0.05) is 97.1 Å². The van der Waals surface area contributed by atoms with Gasteiger partial charge in [-0.05, 0) is 138 Å². The van der Waals surface area contributed by atoms with Gasteiger partial charge in [0.15, 0.2) is 0 Å².